The summed E-state index contributed by atoms with van der Waals surface area (Å²) in [6.45, 7) is 9.19. The molecule has 0 aliphatic heterocycles. The Morgan fingerprint density at radius 2 is 1.95 bits per heavy atom. The highest BCUT2D eigenvalue weighted by molar-refractivity contribution is 6.05. The number of hydrogen-bond acceptors (Lipinski definition) is 1. The average Bonchev–Trinajstić information content (AvgIpc) is 2.82. The van der Waals surface area contributed by atoms with E-state index in [4.69, 9.17) is 0 Å². The van der Waals surface area contributed by atoms with Crippen molar-refractivity contribution in [2.75, 3.05) is 6.54 Å². The smallest absolute Gasteiger partial charge is 0.256 e. The summed E-state index contributed by atoms with van der Waals surface area (Å²) in [4.78, 5) is 17.9. The molecule has 1 heterocycles. The van der Waals surface area contributed by atoms with E-state index in [1.54, 1.807) is 0 Å². The molecular weight excluding hydrogens is 236 g/mol. The lowest BCUT2D eigenvalue weighted by atomic mass is 10.1. The number of para-hydroxylation sites is 1. The van der Waals surface area contributed by atoms with Crippen molar-refractivity contribution in [2.45, 2.75) is 33.7 Å². The van der Waals surface area contributed by atoms with Crippen molar-refractivity contribution in [3.05, 3.63) is 36.0 Å². The summed E-state index contributed by atoms with van der Waals surface area (Å²) in [7, 11) is 0. The number of nitrogens with one attached hydrogen (secondary N) is 1. The number of amides is 1. The van der Waals surface area contributed by atoms with E-state index in [9.17, 15) is 4.79 Å². The average molecular weight is 258 g/mol. The standard InChI is InChI=1S/C16H22N2O/c1-11(2)10-18(12(3)4)16(19)14-7-5-6-13-8-9-17-15(13)14/h5-9,11-12,17H,10H2,1-4H3. The third kappa shape index (κ3) is 2.80. The summed E-state index contributed by atoms with van der Waals surface area (Å²) in [6, 6.07) is 8.06. The number of benzene rings is 1. The molecule has 1 N–H and O–H groups in total. The van der Waals surface area contributed by atoms with E-state index in [-0.39, 0.29) is 11.9 Å². The van der Waals surface area contributed by atoms with Gasteiger partial charge in [-0.1, -0.05) is 26.0 Å². The van der Waals surface area contributed by atoms with Crippen molar-refractivity contribution >= 4 is 16.8 Å². The number of aromatic amines is 1. The van der Waals surface area contributed by atoms with E-state index < -0.39 is 0 Å². The third-order valence-corrected chi connectivity index (χ3v) is 3.26. The minimum Gasteiger partial charge on any atom is -0.361 e. The molecule has 19 heavy (non-hydrogen) atoms. The minimum atomic E-state index is 0.108. The van der Waals surface area contributed by atoms with Crippen molar-refractivity contribution in [2.24, 2.45) is 5.92 Å². The van der Waals surface area contributed by atoms with Gasteiger partial charge in [0.15, 0.2) is 0 Å². The highest BCUT2D eigenvalue weighted by atomic mass is 16.2. The van der Waals surface area contributed by atoms with Crippen LogP contribution in [0, 0.1) is 5.92 Å². The monoisotopic (exact) mass is 258 g/mol. The van der Waals surface area contributed by atoms with Gasteiger partial charge in [-0.2, -0.15) is 0 Å². The molecule has 1 aromatic carbocycles. The van der Waals surface area contributed by atoms with Gasteiger partial charge in [0.25, 0.3) is 5.91 Å². The largest absolute Gasteiger partial charge is 0.361 e. The first-order chi connectivity index (χ1) is 9.00. The summed E-state index contributed by atoms with van der Waals surface area (Å²) in [5.41, 5.74) is 1.69. The van der Waals surface area contributed by atoms with Crippen molar-refractivity contribution < 1.29 is 4.79 Å². The van der Waals surface area contributed by atoms with Crippen LogP contribution in [0.15, 0.2) is 30.5 Å². The molecule has 0 saturated heterocycles. The first kappa shape index (κ1) is 13.7. The van der Waals surface area contributed by atoms with E-state index in [1.165, 1.54) is 0 Å². The fourth-order valence-corrected chi connectivity index (χ4v) is 2.34. The van der Waals surface area contributed by atoms with Crippen LogP contribution in [0.25, 0.3) is 10.9 Å². The Morgan fingerprint density at radius 1 is 1.21 bits per heavy atom. The van der Waals surface area contributed by atoms with Crippen LogP contribution < -0.4 is 0 Å². The first-order valence-electron chi connectivity index (χ1n) is 6.87. The van der Waals surface area contributed by atoms with E-state index in [2.05, 4.69) is 32.7 Å². The Hall–Kier alpha value is -1.77. The highest BCUT2D eigenvalue weighted by Gasteiger charge is 2.21. The van der Waals surface area contributed by atoms with Gasteiger partial charge in [0.1, 0.15) is 0 Å². The number of hydrogen-bond donors (Lipinski definition) is 1. The van der Waals surface area contributed by atoms with Crippen LogP contribution in [0.4, 0.5) is 0 Å². The lowest BCUT2D eigenvalue weighted by Gasteiger charge is -2.28. The van der Waals surface area contributed by atoms with E-state index in [0.29, 0.717) is 5.92 Å². The van der Waals surface area contributed by atoms with E-state index >= 15 is 0 Å². The summed E-state index contributed by atoms with van der Waals surface area (Å²) in [5, 5.41) is 1.08. The molecule has 2 aromatic rings. The Morgan fingerprint density at radius 3 is 2.58 bits per heavy atom. The quantitative estimate of drug-likeness (QED) is 0.892. The second-order valence-electron chi connectivity index (χ2n) is 5.69. The number of H-pyrrole nitrogens is 1. The summed E-state index contributed by atoms with van der Waals surface area (Å²) in [6.07, 6.45) is 1.88. The SMILES string of the molecule is CC(C)CN(C(=O)c1cccc2cc[nH]c12)C(C)C. The van der Waals surface area contributed by atoms with E-state index in [1.807, 2.05) is 35.4 Å². The lowest BCUT2D eigenvalue weighted by molar-refractivity contribution is 0.0684. The van der Waals surface area contributed by atoms with Gasteiger partial charge in [-0.3, -0.25) is 4.79 Å². The fourth-order valence-electron chi connectivity index (χ4n) is 2.34. The second kappa shape index (κ2) is 5.47. The maximum atomic E-state index is 12.7. The molecule has 1 amide bonds. The zero-order valence-electron chi connectivity index (χ0n) is 12.1. The molecule has 0 atom stereocenters. The van der Waals surface area contributed by atoms with Gasteiger partial charge in [0, 0.05) is 24.2 Å². The van der Waals surface area contributed by atoms with Crippen LogP contribution in [-0.2, 0) is 0 Å². The Labute approximate surface area is 114 Å². The predicted molar refractivity (Wildman–Crippen MR) is 79.3 cm³/mol. The second-order valence-corrected chi connectivity index (χ2v) is 5.69. The van der Waals surface area contributed by atoms with Crippen molar-refractivity contribution in [1.82, 2.24) is 9.88 Å². The third-order valence-electron chi connectivity index (χ3n) is 3.26. The number of fused-ring (bicyclic) bond motifs is 1. The predicted octanol–water partition coefficient (Wildman–Crippen LogP) is 3.67. The van der Waals surface area contributed by atoms with Gasteiger partial charge >= 0.3 is 0 Å². The number of carbonyl (C=O) groups excluding carboxylic acids is 1. The van der Waals surface area contributed by atoms with Crippen molar-refractivity contribution in [3.8, 4) is 0 Å². The normalized spacial score (nSPS) is 11.5. The number of aromatic nitrogens is 1. The fraction of sp³-hybridized carbons (Fsp3) is 0.438. The molecule has 0 unspecified atom stereocenters. The van der Waals surface area contributed by atoms with Crippen LogP contribution in [-0.4, -0.2) is 28.4 Å². The molecule has 0 saturated carbocycles. The molecule has 3 nitrogen and oxygen atoms in total. The Bertz CT molecular complexity index is 569. The van der Waals surface area contributed by atoms with Gasteiger partial charge in [0.05, 0.1) is 11.1 Å². The van der Waals surface area contributed by atoms with Gasteiger partial charge < -0.3 is 9.88 Å². The molecule has 0 aliphatic rings. The van der Waals surface area contributed by atoms with Crippen molar-refractivity contribution in [3.63, 3.8) is 0 Å². The lowest BCUT2D eigenvalue weighted by Crippen LogP contribution is -2.39. The molecule has 0 aliphatic carbocycles. The maximum absolute atomic E-state index is 12.7. The van der Waals surface area contributed by atoms with Gasteiger partial charge in [-0.25, -0.2) is 0 Å². The summed E-state index contributed by atoms with van der Waals surface area (Å²) >= 11 is 0. The van der Waals surface area contributed by atoms with Crippen LogP contribution in [0.3, 0.4) is 0 Å². The molecule has 0 spiro atoms. The van der Waals surface area contributed by atoms with Gasteiger partial charge in [0.2, 0.25) is 0 Å². The number of carbonyl (C=O) groups is 1. The number of nitrogens with zero attached hydrogens (tertiary/aromatic N) is 1. The molecule has 1 aromatic heterocycles. The molecule has 3 heteroatoms. The topological polar surface area (TPSA) is 36.1 Å². The molecule has 0 radical (unpaired) electrons. The summed E-state index contributed by atoms with van der Waals surface area (Å²) in [5.74, 6) is 0.575. The van der Waals surface area contributed by atoms with Crippen molar-refractivity contribution in [1.29, 1.82) is 0 Å². The Balaban J connectivity index is 2.38. The van der Waals surface area contributed by atoms with Gasteiger partial charge in [-0.15, -0.1) is 0 Å². The molecule has 0 fully saturated rings. The molecular formula is C16H22N2O. The minimum absolute atomic E-state index is 0.108. The van der Waals surface area contributed by atoms with Gasteiger partial charge in [-0.05, 0) is 31.9 Å². The zero-order chi connectivity index (χ0) is 14.0. The Kier molecular flexibility index (Phi) is 3.93. The van der Waals surface area contributed by atoms with Crippen LogP contribution in [0.2, 0.25) is 0 Å². The van der Waals surface area contributed by atoms with E-state index in [0.717, 1.165) is 23.0 Å². The van der Waals surface area contributed by atoms with Crippen LogP contribution in [0.5, 0.6) is 0 Å². The van der Waals surface area contributed by atoms with Crippen LogP contribution in [0.1, 0.15) is 38.1 Å². The molecule has 102 valence electrons. The highest BCUT2D eigenvalue weighted by Crippen LogP contribution is 2.20. The molecule has 2 rings (SSSR count). The first-order valence-corrected chi connectivity index (χ1v) is 6.87. The maximum Gasteiger partial charge on any atom is 0.256 e. The zero-order valence-corrected chi connectivity index (χ0v) is 12.1. The number of rotatable bonds is 4. The van der Waals surface area contributed by atoms with Crippen LogP contribution >= 0.6 is 0 Å². The molecule has 0 bridgehead atoms. The summed E-state index contributed by atoms with van der Waals surface area (Å²) < 4.78 is 0.